The molecule has 1 aliphatic heterocycles. The maximum absolute atomic E-state index is 5.53. The van der Waals surface area contributed by atoms with Crippen molar-refractivity contribution in [2.24, 2.45) is 11.8 Å². The van der Waals surface area contributed by atoms with E-state index in [-0.39, 0.29) is 24.8 Å². The standard InChI is InChI=1S/C32H41N3O2.2ClH/c1-36-30-20-24-18-23(19-25(24)21-31(30)37-2)17-22-11-14-35(15-12-22)16-13-33-32-26-7-3-5-9-28(26)34-29-10-6-4-8-27(29)32;;/h3,5,7,9,20-23H,4,6,8,10-19H2,1-2H3,(H,33,34);2*1H. The molecule has 1 saturated heterocycles. The van der Waals surface area contributed by atoms with Gasteiger partial charge in [-0.3, -0.25) is 4.98 Å². The molecule has 0 radical (unpaired) electrons. The summed E-state index contributed by atoms with van der Waals surface area (Å²) in [4.78, 5) is 7.66. The minimum Gasteiger partial charge on any atom is -0.493 e. The summed E-state index contributed by atoms with van der Waals surface area (Å²) in [6.07, 6.45) is 11.2. The first kappa shape index (κ1) is 29.8. The number of piperidine rings is 1. The molecular formula is C32H43Cl2N3O2. The van der Waals surface area contributed by atoms with Gasteiger partial charge in [-0.2, -0.15) is 0 Å². The molecule has 6 rings (SSSR count). The van der Waals surface area contributed by atoms with Crippen molar-refractivity contribution in [3.8, 4) is 11.5 Å². The molecule has 7 heteroatoms. The first-order chi connectivity index (χ1) is 18.2. The Bertz CT molecular complexity index is 1230. The fourth-order valence-electron chi connectivity index (χ4n) is 7.03. The number of likely N-dealkylation sites (tertiary alicyclic amines) is 1. The maximum atomic E-state index is 5.53. The van der Waals surface area contributed by atoms with Crippen LogP contribution in [0.5, 0.6) is 11.5 Å². The second kappa shape index (κ2) is 13.4. The van der Waals surface area contributed by atoms with Crippen LogP contribution < -0.4 is 14.8 Å². The molecular weight excluding hydrogens is 529 g/mol. The van der Waals surface area contributed by atoms with E-state index in [0.29, 0.717) is 0 Å². The topological polar surface area (TPSA) is 46.6 Å². The number of fused-ring (bicyclic) bond motifs is 3. The molecule has 2 heterocycles. The van der Waals surface area contributed by atoms with Crippen LogP contribution in [-0.2, 0) is 25.7 Å². The quantitative estimate of drug-likeness (QED) is 0.318. The predicted octanol–water partition coefficient (Wildman–Crippen LogP) is 6.90. The molecule has 0 atom stereocenters. The van der Waals surface area contributed by atoms with Crippen LogP contribution in [0.15, 0.2) is 36.4 Å². The predicted molar refractivity (Wildman–Crippen MR) is 166 cm³/mol. The number of hydrogen-bond donors (Lipinski definition) is 1. The van der Waals surface area contributed by atoms with Crippen LogP contribution in [0.2, 0.25) is 0 Å². The lowest BCUT2D eigenvalue weighted by molar-refractivity contribution is 0.172. The second-order valence-corrected chi connectivity index (χ2v) is 11.3. The molecule has 3 aromatic rings. The molecule has 2 aliphatic carbocycles. The van der Waals surface area contributed by atoms with Gasteiger partial charge in [0.05, 0.1) is 19.7 Å². The van der Waals surface area contributed by atoms with Crippen molar-refractivity contribution in [3.05, 3.63) is 58.8 Å². The van der Waals surface area contributed by atoms with Gasteiger partial charge in [0.15, 0.2) is 11.5 Å². The first-order valence-electron chi connectivity index (χ1n) is 14.3. The van der Waals surface area contributed by atoms with Gasteiger partial charge in [0.1, 0.15) is 0 Å². The fourth-order valence-corrected chi connectivity index (χ4v) is 7.03. The minimum absolute atomic E-state index is 0. The number of aromatic nitrogens is 1. The summed E-state index contributed by atoms with van der Waals surface area (Å²) in [5.41, 5.74) is 8.19. The number of ether oxygens (including phenoxy) is 2. The zero-order valence-electron chi connectivity index (χ0n) is 23.3. The van der Waals surface area contributed by atoms with E-state index in [0.717, 1.165) is 54.8 Å². The highest BCUT2D eigenvalue weighted by Gasteiger charge is 2.28. The molecule has 5 nitrogen and oxygen atoms in total. The molecule has 0 saturated carbocycles. The van der Waals surface area contributed by atoms with Crippen LogP contribution in [0.4, 0.5) is 5.69 Å². The van der Waals surface area contributed by atoms with Gasteiger partial charge < -0.3 is 19.7 Å². The molecule has 39 heavy (non-hydrogen) atoms. The van der Waals surface area contributed by atoms with Crippen molar-refractivity contribution in [2.75, 3.05) is 45.7 Å². The molecule has 1 aromatic heterocycles. The number of nitrogens with one attached hydrogen (secondary N) is 1. The van der Waals surface area contributed by atoms with Gasteiger partial charge in [0, 0.05) is 29.9 Å². The highest BCUT2D eigenvalue weighted by Crippen LogP contribution is 2.39. The summed E-state index contributed by atoms with van der Waals surface area (Å²) in [5, 5.41) is 5.15. The SMILES string of the molecule is COc1cc2c(cc1OC)CC(CC1CCN(CCNc3c4c(nc5ccccc35)CCCC4)CC1)C2.Cl.Cl. The zero-order chi connectivity index (χ0) is 25.2. The van der Waals surface area contributed by atoms with E-state index in [4.69, 9.17) is 14.5 Å². The fraction of sp³-hybridized carbons (Fsp3) is 0.531. The Labute approximate surface area is 245 Å². The molecule has 0 spiro atoms. The van der Waals surface area contributed by atoms with Gasteiger partial charge in [-0.1, -0.05) is 18.2 Å². The third kappa shape index (κ3) is 6.42. The van der Waals surface area contributed by atoms with Crippen molar-refractivity contribution >= 4 is 41.4 Å². The number of anilines is 1. The largest absolute Gasteiger partial charge is 0.493 e. The van der Waals surface area contributed by atoms with Crippen molar-refractivity contribution in [2.45, 2.75) is 57.8 Å². The van der Waals surface area contributed by atoms with Crippen LogP contribution >= 0.6 is 24.8 Å². The summed E-state index contributed by atoms with van der Waals surface area (Å²) in [7, 11) is 3.46. The van der Waals surface area contributed by atoms with Gasteiger partial charge in [-0.25, -0.2) is 0 Å². The number of hydrogen-bond acceptors (Lipinski definition) is 5. The second-order valence-electron chi connectivity index (χ2n) is 11.3. The number of nitrogens with zero attached hydrogens (tertiary/aromatic N) is 2. The van der Waals surface area contributed by atoms with E-state index >= 15 is 0 Å². The van der Waals surface area contributed by atoms with Gasteiger partial charge >= 0.3 is 0 Å². The number of para-hydroxylation sites is 1. The van der Waals surface area contributed by atoms with E-state index in [1.54, 1.807) is 14.2 Å². The molecule has 0 unspecified atom stereocenters. The van der Waals surface area contributed by atoms with Gasteiger partial charge in [-0.15, -0.1) is 24.8 Å². The maximum Gasteiger partial charge on any atom is 0.161 e. The minimum atomic E-state index is 0. The average Bonchev–Trinajstić information content (AvgIpc) is 3.33. The van der Waals surface area contributed by atoms with Crippen LogP contribution in [0.3, 0.4) is 0 Å². The van der Waals surface area contributed by atoms with Crippen molar-refractivity contribution in [3.63, 3.8) is 0 Å². The summed E-state index contributed by atoms with van der Waals surface area (Å²) < 4.78 is 11.1. The van der Waals surface area contributed by atoms with E-state index in [9.17, 15) is 0 Å². The number of halogens is 2. The first-order valence-corrected chi connectivity index (χ1v) is 14.3. The third-order valence-corrected chi connectivity index (χ3v) is 9.00. The van der Waals surface area contributed by atoms with Gasteiger partial charge in [0.25, 0.3) is 0 Å². The van der Waals surface area contributed by atoms with Crippen molar-refractivity contribution in [1.29, 1.82) is 0 Å². The summed E-state index contributed by atoms with van der Waals surface area (Å²) >= 11 is 0. The molecule has 2 aromatic carbocycles. The number of pyridine rings is 1. The Morgan fingerprint density at radius 3 is 2.26 bits per heavy atom. The molecule has 212 valence electrons. The number of methoxy groups -OCH3 is 2. The number of aryl methyl sites for hydroxylation is 1. The molecule has 0 amide bonds. The van der Waals surface area contributed by atoms with E-state index in [1.165, 1.54) is 91.5 Å². The molecule has 0 bridgehead atoms. The van der Waals surface area contributed by atoms with Crippen molar-refractivity contribution < 1.29 is 9.47 Å². The number of benzene rings is 2. The molecule has 1 fully saturated rings. The lowest BCUT2D eigenvalue weighted by Gasteiger charge is -2.33. The molecule has 1 N–H and O–H groups in total. The lowest BCUT2D eigenvalue weighted by Crippen LogP contribution is -2.37. The van der Waals surface area contributed by atoms with Gasteiger partial charge in [0.2, 0.25) is 0 Å². The summed E-state index contributed by atoms with van der Waals surface area (Å²) in [6, 6.07) is 13.1. The van der Waals surface area contributed by atoms with E-state index < -0.39 is 0 Å². The van der Waals surface area contributed by atoms with Crippen LogP contribution in [0, 0.1) is 11.8 Å². The van der Waals surface area contributed by atoms with E-state index in [2.05, 4.69) is 46.6 Å². The zero-order valence-corrected chi connectivity index (χ0v) is 25.0. The Balaban J connectivity index is 0.00000176. The van der Waals surface area contributed by atoms with Crippen LogP contribution in [0.1, 0.15) is 54.5 Å². The monoisotopic (exact) mass is 571 g/mol. The molecule has 3 aliphatic rings. The summed E-state index contributed by atoms with van der Waals surface area (Å²) in [5.74, 6) is 3.34. The smallest absolute Gasteiger partial charge is 0.161 e. The highest BCUT2D eigenvalue weighted by molar-refractivity contribution is 5.93. The normalized spacial score (nSPS) is 17.6. The Morgan fingerprint density at radius 1 is 0.897 bits per heavy atom. The van der Waals surface area contributed by atoms with Crippen LogP contribution in [-0.4, -0.2) is 50.3 Å². The summed E-state index contributed by atoms with van der Waals surface area (Å²) in [6.45, 7) is 4.57. The van der Waals surface area contributed by atoms with Crippen LogP contribution in [0.25, 0.3) is 10.9 Å². The van der Waals surface area contributed by atoms with Crippen molar-refractivity contribution in [1.82, 2.24) is 9.88 Å². The lowest BCUT2D eigenvalue weighted by atomic mass is 9.86. The van der Waals surface area contributed by atoms with E-state index in [1.807, 2.05) is 0 Å². The van der Waals surface area contributed by atoms with Gasteiger partial charge in [-0.05, 0) is 118 Å². The third-order valence-electron chi connectivity index (χ3n) is 9.00. The highest BCUT2D eigenvalue weighted by atomic mass is 35.5. The Kier molecular flexibility index (Phi) is 10.3. The Morgan fingerprint density at radius 2 is 1.56 bits per heavy atom. The average molecular weight is 573 g/mol. The number of rotatable bonds is 8. The Hall–Kier alpha value is -2.21.